The van der Waals surface area contributed by atoms with Crippen LogP contribution in [0.1, 0.15) is 18.5 Å². The molecule has 0 aliphatic carbocycles. The van der Waals surface area contributed by atoms with Gasteiger partial charge in [0.2, 0.25) is 5.76 Å². The lowest BCUT2D eigenvalue weighted by Crippen LogP contribution is -2.34. The van der Waals surface area contributed by atoms with Crippen molar-refractivity contribution >= 4 is 5.91 Å². The van der Waals surface area contributed by atoms with Gasteiger partial charge in [-0.3, -0.25) is 4.79 Å². The van der Waals surface area contributed by atoms with Gasteiger partial charge in [0.05, 0.1) is 19.3 Å². The molecule has 6 nitrogen and oxygen atoms in total. The van der Waals surface area contributed by atoms with Crippen molar-refractivity contribution in [1.82, 2.24) is 5.32 Å². The summed E-state index contributed by atoms with van der Waals surface area (Å²) in [5.74, 6) is 0.648. The Balaban J connectivity index is 2.05. The Morgan fingerprint density at radius 3 is 2.68 bits per heavy atom. The summed E-state index contributed by atoms with van der Waals surface area (Å²) in [7, 11) is 1.59. The average molecular weight is 307 g/mol. The molecule has 0 saturated heterocycles. The van der Waals surface area contributed by atoms with Crippen LogP contribution >= 0.6 is 0 Å². The third-order valence-corrected chi connectivity index (χ3v) is 3.11. The van der Waals surface area contributed by atoms with E-state index in [1.807, 2.05) is 31.2 Å². The van der Waals surface area contributed by atoms with Crippen LogP contribution in [0.4, 0.5) is 0 Å². The van der Waals surface area contributed by atoms with Crippen LogP contribution in [-0.2, 0) is 19.0 Å². The van der Waals surface area contributed by atoms with Crippen molar-refractivity contribution in [3.8, 4) is 5.75 Å². The highest BCUT2D eigenvalue weighted by molar-refractivity contribution is 5.91. The second kappa shape index (κ2) is 8.29. The number of methoxy groups -OCH3 is 1. The largest absolute Gasteiger partial charge is 0.494 e. The van der Waals surface area contributed by atoms with E-state index in [0.29, 0.717) is 26.4 Å². The Morgan fingerprint density at radius 2 is 2.09 bits per heavy atom. The zero-order valence-electron chi connectivity index (χ0n) is 12.8. The molecule has 120 valence electrons. The molecule has 0 radical (unpaired) electrons. The highest BCUT2D eigenvalue weighted by Gasteiger charge is 2.20. The molecule has 0 spiro atoms. The minimum atomic E-state index is -0.323. The predicted octanol–water partition coefficient (Wildman–Crippen LogP) is 1.78. The quantitative estimate of drug-likeness (QED) is 0.832. The molecule has 0 bridgehead atoms. The standard InChI is InChI=1S/C16H21NO5/c1-3-21-13-6-4-12(5-7-13)14(10-19-2)17-16(18)15-11-20-8-9-22-15/h4-7,11,14H,3,8-10H2,1-2H3,(H,17,18)/t14-/m0/s1. The molecule has 1 heterocycles. The first-order valence-corrected chi connectivity index (χ1v) is 7.21. The Morgan fingerprint density at radius 1 is 1.32 bits per heavy atom. The summed E-state index contributed by atoms with van der Waals surface area (Å²) < 4.78 is 21.0. The summed E-state index contributed by atoms with van der Waals surface area (Å²) >= 11 is 0. The molecule has 22 heavy (non-hydrogen) atoms. The Labute approximate surface area is 130 Å². The molecule has 1 aromatic rings. The maximum atomic E-state index is 12.2. The fourth-order valence-corrected chi connectivity index (χ4v) is 2.07. The molecule has 1 aromatic carbocycles. The van der Waals surface area contributed by atoms with Gasteiger partial charge in [-0.2, -0.15) is 0 Å². The molecule has 1 aliphatic rings. The molecule has 0 saturated carbocycles. The molecule has 1 amide bonds. The van der Waals surface area contributed by atoms with Crippen molar-refractivity contribution in [2.75, 3.05) is 33.5 Å². The van der Waals surface area contributed by atoms with Gasteiger partial charge >= 0.3 is 0 Å². The predicted molar refractivity (Wildman–Crippen MR) is 80.4 cm³/mol. The van der Waals surface area contributed by atoms with Gasteiger partial charge in [0.1, 0.15) is 25.2 Å². The Kier molecular flexibility index (Phi) is 6.09. The molecule has 0 aromatic heterocycles. The van der Waals surface area contributed by atoms with Gasteiger partial charge in [-0.25, -0.2) is 0 Å². The molecule has 1 aliphatic heterocycles. The fourth-order valence-electron chi connectivity index (χ4n) is 2.07. The molecule has 1 atom stereocenters. The number of ether oxygens (including phenoxy) is 4. The van der Waals surface area contributed by atoms with Gasteiger partial charge in [0.25, 0.3) is 5.91 Å². The number of nitrogens with one attached hydrogen (secondary N) is 1. The topological polar surface area (TPSA) is 66.0 Å². The third-order valence-electron chi connectivity index (χ3n) is 3.11. The second-order valence-corrected chi connectivity index (χ2v) is 4.68. The van der Waals surface area contributed by atoms with Crippen LogP contribution in [0.3, 0.4) is 0 Å². The molecular weight excluding hydrogens is 286 g/mol. The first kappa shape index (κ1) is 16.2. The summed E-state index contributed by atoms with van der Waals surface area (Å²) in [5, 5.41) is 2.88. The third kappa shape index (κ3) is 4.39. The number of amides is 1. The molecule has 6 heteroatoms. The van der Waals surface area contributed by atoms with E-state index in [0.717, 1.165) is 11.3 Å². The number of carbonyl (C=O) groups is 1. The molecule has 0 unspecified atom stereocenters. The zero-order chi connectivity index (χ0) is 15.8. The highest BCUT2D eigenvalue weighted by atomic mass is 16.6. The fraction of sp³-hybridized carbons (Fsp3) is 0.438. The van der Waals surface area contributed by atoms with E-state index >= 15 is 0 Å². The number of hydrogen-bond acceptors (Lipinski definition) is 5. The smallest absolute Gasteiger partial charge is 0.290 e. The maximum absolute atomic E-state index is 12.2. The van der Waals surface area contributed by atoms with E-state index in [1.165, 1.54) is 6.26 Å². The van der Waals surface area contributed by atoms with Crippen LogP contribution in [0.25, 0.3) is 0 Å². The van der Waals surface area contributed by atoms with Gasteiger partial charge in [-0.15, -0.1) is 0 Å². The maximum Gasteiger partial charge on any atom is 0.290 e. The second-order valence-electron chi connectivity index (χ2n) is 4.68. The number of carbonyl (C=O) groups excluding carboxylic acids is 1. The van der Waals surface area contributed by atoms with E-state index in [9.17, 15) is 4.79 Å². The molecular formula is C16H21NO5. The first-order chi connectivity index (χ1) is 10.7. The lowest BCUT2D eigenvalue weighted by Gasteiger charge is -2.21. The van der Waals surface area contributed by atoms with Gasteiger partial charge in [-0.1, -0.05) is 12.1 Å². The van der Waals surface area contributed by atoms with E-state index in [2.05, 4.69) is 5.32 Å². The van der Waals surface area contributed by atoms with Crippen LogP contribution in [0.5, 0.6) is 5.75 Å². The summed E-state index contributed by atoms with van der Waals surface area (Å²) in [4.78, 5) is 12.2. The summed E-state index contributed by atoms with van der Waals surface area (Å²) in [6, 6.07) is 7.27. The number of benzene rings is 1. The van der Waals surface area contributed by atoms with Crippen LogP contribution in [-0.4, -0.2) is 39.4 Å². The van der Waals surface area contributed by atoms with E-state index < -0.39 is 0 Å². The van der Waals surface area contributed by atoms with Crippen LogP contribution in [0, 0.1) is 0 Å². The summed E-state index contributed by atoms with van der Waals surface area (Å²) in [6.45, 7) is 3.73. The van der Waals surface area contributed by atoms with E-state index in [1.54, 1.807) is 7.11 Å². The lowest BCUT2D eigenvalue weighted by atomic mass is 10.1. The summed E-state index contributed by atoms with van der Waals surface area (Å²) in [5.41, 5.74) is 0.927. The van der Waals surface area contributed by atoms with Crippen molar-refractivity contribution in [2.24, 2.45) is 0 Å². The Bertz CT molecular complexity index is 512. The molecule has 0 fully saturated rings. The molecule has 1 N–H and O–H groups in total. The minimum Gasteiger partial charge on any atom is -0.494 e. The SMILES string of the molecule is CCOc1ccc([C@H](COC)NC(=O)C2=COCCO2)cc1. The van der Waals surface area contributed by atoms with E-state index in [4.69, 9.17) is 18.9 Å². The lowest BCUT2D eigenvalue weighted by molar-refractivity contribution is -0.123. The first-order valence-electron chi connectivity index (χ1n) is 7.21. The van der Waals surface area contributed by atoms with Crippen LogP contribution in [0.2, 0.25) is 0 Å². The van der Waals surface area contributed by atoms with Crippen molar-refractivity contribution < 1.29 is 23.7 Å². The van der Waals surface area contributed by atoms with Gasteiger partial charge in [0.15, 0.2) is 0 Å². The van der Waals surface area contributed by atoms with Crippen molar-refractivity contribution in [3.63, 3.8) is 0 Å². The van der Waals surface area contributed by atoms with Crippen molar-refractivity contribution in [3.05, 3.63) is 41.9 Å². The highest BCUT2D eigenvalue weighted by Crippen LogP contribution is 2.19. The normalized spacial score (nSPS) is 15.1. The minimum absolute atomic E-state index is 0.179. The number of rotatable bonds is 7. The van der Waals surface area contributed by atoms with Gasteiger partial charge in [0, 0.05) is 7.11 Å². The Hall–Kier alpha value is -2.21. The monoisotopic (exact) mass is 307 g/mol. The zero-order valence-corrected chi connectivity index (χ0v) is 12.8. The average Bonchev–Trinajstić information content (AvgIpc) is 2.56. The van der Waals surface area contributed by atoms with Crippen molar-refractivity contribution in [1.29, 1.82) is 0 Å². The van der Waals surface area contributed by atoms with E-state index in [-0.39, 0.29) is 17.7 Å². The van der Waals surface area contributed by atoms with Crippen LogP contribution < -0.4 is 10.1 Å². The summed E-state index contributed by atoms with van der Waals surface area (Å²) in [6.07, 6.45) is 1.33. The van der Waals surface area contributed by atoms with Gasteiger partial charge in [-0.05, 0) is 24.6 Å². The van der Waals surface area contributed by atoms with Gasteiger partial charge < -0.3 is 24.3 Å². The number of hydrogen-bond donors (Lipinski definition) is 1. The molecule has 2 rings (SSSR count). The van der Waals surface area contributed by atoms with Crippen molar-refractivity contribution in [2.45, 2.75) is 13.0 Å². The van der Waals surface area contributed by atoms with Crippen LogP contribution in [0.15, 0.2) is 36.3 Å².